The molecule has 0 saturated heterocycles. The number of rotatable bonds is 4. The van der Waals surface area contributed by atoms with Crippen molar-refractivity contribution in [3.63, 3.8) is 0 Å². The Labute approximate surface area is 118 Å². The molecule has 0 aromatic heterocycles. The highest BCUT2D eigenvalue weighted by Gasteiger charge is 2.11. The van der Waals surface area contributed by atoms with E-state index in [0.29, 0.717) is 11.3 Å². The van der Waals surface area contributed by atoms with Crippen molar-refractivity contribution in [2.24, 2.45) is 0 Å². The predicted molar refractivity (Wildman–Crippen MR) is 79.7 cm³/mol. The van der Waals surface area contributed by atoms with Gasteiger partial charge >= 0.3 is 0 Å². The van der Waals surface area contributed by atoms with Crippen LogP contribution >= 0.6 is 0 Å². The highest BCUT2D eigenvalue weighted by atomic mass is 16.5. The van der Waals surface area contributed by atoms with Crippen LogP contribution in [0.1, 0.15) is 28.9 Å². The van der Waals surface area contributed by atoms with Crippen molar-refractivity contribution in [1.82, 2.24) is 5.32 Å². The summed E-state index contributed by atoms with van der Waals surface area (Å²) < 4.78 is 5.11. The standard InChI is InChI=1S/C16H18N2O2/c1-11(12-5-9-15(20-2)10-6-12)18-16(19)13-3-7-14(17)8-4-13/h3-11H,17H2,1-2H3,(H,18,19)/t11-/m1/s1. The molecule has 2 aromatic rings. The molecule has 0 aliphatic heterocycles. The largest absolute Gasteiger partial charge is 0.497 e. The Morgan fingerprint density at radius 3 is 2.25 bits per heavy atom. The van der Waals surface area contributed by atoms with Crippen molar-refractivity contribution in [2.75, 3.05) is 12.8 Å². The zero-order valence-electron chi connectivity index (χ0n) is 11.6. The second-order valence-corrected chi connectivity index (χ2v) is 4.59. The van der Waals surface area contributed by atoms with E-state index in [4.69, 9.17) is 10.5 Å². The fraction of sp³-hybridized carbons (Fsp3) is 0.188. The van der Waals surface area contributed by atoms with Crippen LogP contribution in [0.15, 0.2) is 48.5 Å². The van der Waals surface area contributed by atoms with Crippen molar-refractivity contribution in [2.45, 2.75) is 13.0 Å². The summed E-state index contributed by atoms with van der Waals surface area (Å²) in [6.45, 7) is 1.94. The molecule has 0 aliphatic carbocycles. The number of benzene rings is 2. The number of carbonyl (C=O) groups is 1. The molecule has 0 radical (unpaired) electrons. The van der Waals surface area contributed by atoms with Crippen LogP contribution in [-0.4, -0.2) is 13.0 Å². The first-order chi connectivity index (χ1) is 9.60. The van der Waals surface area contributed by atoms with E-state index in [0.717, 1.165) is 11.3 Å². The third-order valence-electron chi connectivity index (χ3n) is 3.14. The molecular weight excluding hydrogens is 252 g/mol. The van der Waals surface area contributed by atoms with Gasteiger partial charge < -0.3 is 15.8 Å². The van der Waals surface area contributed by atoms with Crippen molar-refractivity contribution in [3.05, 3.63) is 59.7 Å². The first-order valence-electron chi connectivity index (χ1n) is 6.40. The molecule has 1 amide bonds. The van der Waals surface area contributed by atoms with E-state index in [2.05, 4.69) is 5.32 Å². The second kappa shape index (κ2) is 6.10. The summed E-state index contributed by atoms with van der Waals surface area (Å²) >= 11 is 0. The number of amides is 1. The van der Waals surface area contributed by atoms with E-state index in [1.165, 1.54) is 0 Å². The topological polar surface area (TPSA) is 64.3 Å². The fourth-order valence-corrected chi connectivity index (χ4v) is 1.89. The quantitative estimate of drug-likeness (QED) is 0.840. The average Bonchev–Trinajstić information content (AvgIpc) is 2.48. The van der Waals surface area contributed by atoms with Crippen LogP contribution in [-0.2, 0) is 0 Å². The minimum Gasteiger partial charge on any atom is -0.497 e. The highest BCUT2D eigenvalue weighted by molar-refractivity contribution is 5.94. The number of hydrogen-bond acceptors (Lipinski definition) is 3. The monoisotopic (exact) mass is 270 g/mol. The van der Waals surface area contributed by atoms with E-state index in [9.17, 15) is 4.79 Å². The first-order valence-corrected chi connectivity index (χ1v) is 6.40. The SMILES string of the molecule is COc1ccc([C@@H](C)NC(=O)c2ccc(N)cc2)cc1. The van der Waals surface area contributed by atoms with Gasteiger partial charge in [0.1, 0.15) is 5.75 Å². The molecule has 0 fully saturated rings. The molecule has 104 valence electrons. The molecule has 0 spiro atoms. The maximum atomic E-state index is 12.1. The lowest BCUT2D eigenvalue weighted by Crippen LogP contribution is -2.26. The fourth-order valence-electron chi connectivity index (χ4n) is 1.89. The van der Waals surface area contributed by atoms with Crippen LogP contribution in [0.3, 0.4) is 0 Å². The van der Waals surface area contributed by atoms with Gasteiger partial charge in [0.05, 0.1) is 13.2 Å². The Morgan fingerprint density at radius 2 is 1.70 bits per heavy atom. The summed E-state index contributed by atoms with van der Waals surface area (Å²) in [6.07, 6.45) is 0. The van der Waals surface area contributed by atoms with Crippen LogP contribution in [0.5, 0.6) is 5.75 Å². The molecule has 20 heavy (non-hydrogen) atoms. The van der Waals surface area contributed by atoms with E-state index in [-0.39, 0.29) is 11.9 Å². The van der Waals surface area contributed by atoms with E-state index < -0.39 is 0 Å². The third-order valence-corrected chi connectivity index (χ3v) is 3.14. The third kappa shape index (κ3) is 3.29. The molecule has 4 nitrogen and oxygen atoms in total. The van der Waals surface area contributed by atoms with E-state index in [1.807, 2.05) is 31.2 Å². The number of carbonyl (C=O) groups excluding carboxylic acids is 1. The lowest BCUT2D eigenvalue weighted by atomic mass is 10.1. The molecule has 3 N–H and O–H groups in total. The van der Waals surface area contributed by atoms with Gasteiger partial charge in [-0.3, -0.25) is 4.79 Å². The Morgan fingerprint density at radius 1 is 1.10 bits per heavy atom. The summed E-state index contributed by atoms with van der Waals surface area (Å²) in [7, 11) is 1.63. The van der Waals surface area contributed by atoms with E-state index in [1.54, 1.807) is 31.4 Å². The Kier molecular flexibility index (Phi) is 4.25. The number of ether oxygens (including phenoxy) is 1. The van der Waals surface area contributed by atoms with Crippen molar-refractivity contribution in [3.8, 4) is 5.75 Å². The lowest BCUT2D eigenvalue weighted by Gasteiger charge is -2.15. The van der Waals surface area contributed by atoms with Gasteiger partial charge in [-0.25, -0.2) is 0 Å². The summed E-state index contributed by atoms with van der Waals surface area (Å²) in [4.78, 5) is 12.1. The van der Waals surface area contributed by atoms with Gasteiger partial charge in [-0.15, -0.1) is 0 Å². The van der Waals surface area contributed by atoms with E-state index >= 15 is 0 Å². The minimum atomic E-state index is -0.117. The summed E-state index contributed by atoms with van der Waals surface area (Å²) in [6, 6.07) is 14.4. The first kappa shape index (κ1) is 13.9. The Balaban J connectivity index is 2.04. The normalized spacial score (nSPS) is 11.7. The summed E-state index contributed by atoms with van der Waals surface area (Å²) in [5.41, 5.74) is 7.87. The van der Waals surface area contributed by atoms with Crippen molar-refractivity contribution < 1.29 is 9.53 Å². The number of nitrogen functional groups attached to an aromatic ring is 1. The number of methoxy groups -OCH3 is 1. The van der Waals surface area contributed by atoms with Crippen LogP contribution in [0.25, 0.3) is 0 Å². The molecule has 0 unspecified atom stereocenters. The number of anilines is 1. The predicted octanol–water partition coefficient (Wildman–Crippen LogP) is 2.77. The van der Waals surface area contributed by atoms with Crippen molar-refractivity contribution in [1.29, 1.82) is 0 Å². The van der Waals surface area contributed by atoms with Gasteiger partial charge in [0.2, 0.25) is 0 Å². The molecule has 1 atom stereocenters. The summed E-state index contributed by atoms with van der Waals surface area (Å²) in [5, 5.41) is 2.95. The number of hydrogen-bond donors (Lipinski definition) is 2. The smallest absolute Gasteiger partial charge is 0.251 e. The molecule has 0 heterocycles. The molecule has 2 rings (SSSR count). The lowest BCUT2D eigenvalue weighted by molar-refractivity contribution is 0.0940. The van der Waals surface area contributed by atoms with Crippen LogP contribution < -0.4 is 15.8 Å². The Bertz CT molecular complexity index is 576. The van der Waals surface area contributed by atoms with Gasteiger partial charge in [-0.1, -0.05) is 12.1 Å². The molecule has 2 aromatic carbocycles. The maximum Gasteiger partial charge on any atom is 0.251 e. The average molecular weight is 270 g/mol. The number of nitrogens with two attached hydrogens (primary N) is 1. The zero-order valence-corrected chi connectivity index (χ0v) is 11.6. The van der Waals surface area contributed by atoms with Crippen LogP contribution in [0.4, 0.5) is 5.69 Å². The maximum absolute atomic E-state index is 12.1. The molecular formula is C16H18N2O2. The number of nitrogens with one attached hydrogen (secondary N) is 1. The molecule has 4 heteroatoms. The summed E-state index contributed by atoms with van der Waals surface area (Å²) in [5.74, 6) is 0.680. The Hall–Kier alpha value is -2.49. The highest BCUT2D eigenvalue weighted by Crippen LogP contribution is 2.17. The van der Waals surface area contributed by atoms with Crippen LogP contribution in [0, 0.1) is 0 Å². The van der Waals surface area contributed by atoms with Gasteiger partial charge in [-0.05, 0) is 48.9 Å². The second-order valence-electron chi connectivity index (χ2n) is 4.59. The zero-order chi connectivity index (χ0) is 14.5. The van der Waals surface area contributed by atoms with Gasteiger partial charge in [-0.2, -0.15) is 0 Å². The molecule has 0 saturated carbocycles. The van der Waals surface area contributed by atoms with Gasteiger partial charge in [0, 0.05) is 11.3 Å². The van der Waals surface area contributed by atoms with Crippen molar-refractivity contribution >= 4 is 11.6 Å². The van der Waals surface area contributed by atoms with Crippen LogP contribution in [0.2, 0.25) is 0 Å². The molecule has 0 aliphatic rings. The molecule has 0 bridgehead atoms. The van der Waals surface area contributed by atoms with Gasteiger partial charge in [0.15, 0.2) is 0 Å². The minimum absolute atomic E-state index is 0.0778. The van der Waals surface area contributed by atoms with Gasteiger partial charge in [0.25, 0.3) is 5.91 Å².